The van der Waals surface area contributed by atoms with Crippen LogP contribution in [-0.4, -0.2) is 27.8 Å². The monoisotopic (exact) mass is 393 g/mol. The molecule has 29 heavy (non-hydrogen) atoms. The molecule has 0 spiro atoms. The van der Waals surface area contributed by atoms with Crippen LogP contribution < -0.4 is 4.74 Å². The average Bonchev–Trinajstić information content (AvgIpc) is 3.08. The maximum absolute atomic E-state index is 11.1. The van der Waals surface area contributed by atoms with Crippen molar-refractivity contribution < 1.29 is 24.2 Å². The molecular formula is C23H23NO5. The molecule has 0 bridgehead atoms. The fourth-order valence-corrected chi connectivity index (χ4v) is 2.93. The Hall–Kier alpha value is -3.54. The van der Waals surface area contributed by atoms with Crippen LogP contribution in [0.2, 0.25) is 0 Å². The third kappa shape index (κ3) is 5.25. The molecule has 2 N–H and O–H groups in total. The lowest BCUT2D eigenvalue weighted by Gasteiger charge is -2.11. The van der Waals surface area contributed by atoms with E-state index in [0.29, 0.717) is 24.7 Å². The van der Waals surface area contributed by atoms with Gasteiger partial charge in [-0.25, -0.2) is 4.98 Å². The van der Waals surface area contributed by atoms with Gasteiger partial charge < -0.3 is 19.4 Å². The van der Waals surface area contributed by atoms with Crippen molar-refractivity contribution in [1.82, 2.24) is 4.98 Å². The highest BCUT2D eigenvalue weighted by atomic mass is 16.5. The molecule has 0 radical (unpaired) electrons. The number of aliphatic hydroxyl groups excluding tert-OH is 1. The molecule has 6 heteroatoms. The van der Waals surface area contributed by atoms with Gasteiger partial charge in [0.1, 0.15) is 17.4 Å². The van der Waals surface area contributed by atoms with E-state index >= 15 is 0 Å². The van der Waals surface area contributed by atoms with Crippen LogP contribution in [0.15, 0.2) is 71.4 Å². The van der Waals surface area contributed by atoms with Crippen LogP contribution in [0.1, 0.15) is 17.0 Å². The summed E-state index contributed by atoms with van der Waals surface area (Å²) in [5, 5.41) is 18.5. The molecule has 0 amide bonds. The number of carboxylic acid groups (broad SMARTS) is 1. The highest BCUT2D eigenvalue weighted by Crippen LogP contribution is 2.22. The highest BCUT2D eigenvalue weighted by Gasteiger charge is 2.21. The predicted molar refractivity (Wildman–Crippen MR) is 109 cm³/mol. The van der Waals surface area contributed by atoms with E-state index in [1.54, 1.807) is 24.3 Å². The van der Waals surface area contributed by atoms with Gasteiger partial charge in [0.25, 0.3) is 0 Å². The Morgan fingerprint density at radius 3 is 2.45 bits per heavy atom. The summed E-state index contributed by atoms with van der Waals surface area (Å²) in [6.07, 6.45) is 0.778. The molecule has 0 saturated carbocycles. The Balaban J connectivity index is 1.55. The number of ether oxygens (including phenoxy) is 1. The number of carboxylic acids is 1. The number of aryl methyl sites for hydroxylation is 1. The topological polar surface area (TPSA) is 92.8 Å². The summed E-state index contributed by atoms with van der Waals surface area (Å²) in [6, 6.07) is 16.8. The van der Waals surface area contributed by atoms with E-state index in [0.717, 1.165) is 22.6 Å². The first-order valence-corrected chi connectivity index (χ1v) is 9.28. The number of oxazole rings is 1. The standard InChI is InChI=1S/C23H23NO5/c1-15(25)20(23(26)27)14-17-8-10-19(11-9-17)28-13-12-21-16(2)29-22(24-21)18-6-4-3-5-7-18/h3-11,20,25H,1,12-14H2,2H3,(H,26,27). The minimum absolute atomic E-state index is 0.172. The van der Waals surface area contributed by atoms with Crippen LogP contribution in [0.4, 0.5) is 0 Å². The van der Waals surface area contributed by atoms with Crippen molar-refractivity contribution in [1.29, 1.82) is 0 Å². The molecule has 0 aliphatic heterocycles. The Morgan fingerprint density at radius 1 is 1.14 bits per heavy atom. The number of carbonyl (C=O) groups is 1. The van der Waals surface area contributed by atoms with Crippen molar-refractivity contribution in [2.75, 3.05) is 6.61 Å². The molecule has 1 aromatic heterocycles. The van der Waals surface area contributed by atoms with E-state index < -0.39 is 11.9 Å². The van der Waals surface area contributed by atoms with Gasteiger partial charge in [-0.1, -0.05) is 36.9 Å². The molecule has 150 valence electrons. The van der Waals surface area contributed by atoms with Gasteiger partial charge in [0.2, 0.25) is 5.89 Å². The van der Waals surface area contributed by atoms with Crippen molar-refractivity contribution in [3.63, 3.8) is 0 Å². The van der Waals surface area contributed by atoms with E-state index in [9.17, 15) is 9.90 Å². The summed E-state index contributed by atoms with van der Waals surface area (Å²) in [5.41, 5.74) is 2.56. The van der Waals surface area contributed by atoms with Crippen LogP contribution >= 0.6 is 0 Å². The zero-order chi connectivity index (χ0) is 20.8. The van der Waals surface area contributed by atoms with E-state index in [1.165, 1.54) is 0 Å². The summed E-state index contributed by atoms with van der Waals surface area (Å²) < 4.78 is 11.5. The van der Waals surface area contributed by atoms with Gasteiger partial charge in [-0.3, -0.25) is 4.79 Å². The van der Waals surface area contributed by atoms with Crippen LogP contribution in [0.25, 0.3) is 11.5 Å². The largest absolute Gasteiger partial charge is 0.512 e. The summed E-state index contributed by atoms with van der Waals surface area (Å²) in [7, 11) is 0. The Labute approximate surface area is 169 Å². The molecule has 1 unspecified atom stereocenters. The highest BCUT2D eigenvalue weighted by molar-refractivity contribution is 5.73. The molecule has 0 aliphatic rings. The summed E-state index contributed by atoms with van der Waals surface area (Å²) in [5.74, 6) is -0.428. The number of nitrogens with zero attached hydrogens (tertiary/aromatic N) is 1. The summed E-state index contributed by atoms with van der Waals surface area (Å²) >= 11 is 0. The fourth-order valence-electron chi connectivity index (χ4n) is 2.93. The SMILES string of the molecule is C=C(O)C(Cc1ccc(OCCc2nc(-c3ccccc3)oc2C)cc1)C(=O)O. The first kappa shape index (κ1) is 20.2. The second-order valence-corrected chi connectivity index (χ2v) is 6.72. The Kier molecular flexibility index (Phi) is 6.34. The van der Waals surface area contributed by atoms with Crippen molar-refractivity contribution in [3.05, 3.63) is 84.0 Å². The minimum atomic E-state index is -1.10. The van der Waals surface area contributed by atoms with E-state index in [4.69, 9.17) is 14.3 Å². The summed E-state index contributed by atoms with van der Waals surface area (Å²) in [4.78, 5) is 15.7. The van der Waals surface area contributed by atoms with Crippen molar-refractivity contribution in [3.8, 4) is 17.2 Å². The predicted octanol–water partition coefficient (Wildman–Crippen LogP) is 4.59. The van der Waals surface area contributed by atoms with Crippen LogP contribution in [0.3, 0.4) is 0 Å². The van der Waals surface area contributed by atoms with Crippen molar-refractivity contribution >= 4 is 5.97 Å². The lowest BCUT2D eigenvalue weighted by Crippen LogP contribution is -2.18. The maximum Gasteiger partial charge on any atom is 0.314 e. The smallest absolute Gasteiger partial charge is 0.314 e. The number of hydrogen-bond donors (Lipinski definition) is 2. The number of hydrogen-bond acceptors (Lipinski definition) is 5. The molecule has 3 aromatic rings. The quantitative estimate of drug-likeness (QED) is 0.517. The van der Waals surface area contributed by atoms with E-state index in [2.05, 4.69) is 11.6 Å². The molecule has 0 saturated heterocycles. The van der Waals surface area contributed by atoms with Crippen LogP contribution in [0, 0.1) is 12.8 Å². The van der Waals surface area contributed by atoms with Gasteiger partial charge in [0.05, 0.1) is 18.1 Å². The first-order chi connectivity index (χ1) is 13.9. The Morgan fingerprint density at radius 2 is 1.83 bits per heavy atom. The van der Waals surface area contributed by atoms with E-state index in [1.807, 2.05) is 37.3 Å². The van der Waals surface area contributed by atoms with Gasteiger partial charge in [-0.15, -0.1) is 0 Å². The molecule has 1 atom stereocenters. The van der Waals surface area contributed by atoms with Crippen molar-refractivity contribution in [2.45, 2.75) is 19.8 Å². The van der Waals surface area contributed by atoms with Gasteiger partial charge in [0.15, 0.2) is 0 Å². The normalized spacial score (nSPS) is 11.8. The molecule has 2 aromatic carbocycles. The Bertz CT molecular complexity index is 962. The van der Waals surface area contributed by atoms with Crippen LogP contribution in [-0.2, 0) is 17.6 Å². The summed E-state index contributed by atoms with van der Waals surface area (Å²) in [6.45, 7) is 5.65. The molecular weight excluding hydrogens is 370 g/mol. The van der Waals surface area contributed by atoms with Crippen LogP contribution in [0.5, 0.6) is 5.75 Å². The fraction of sp³-hybridized carbons (Fsp3) is 0.217. The number of rotatable bonds is 9. The third-order valence-corrected chi connectivity index (χ3v) is 4.58. The van der Waals surface area contributed by atoms with E-state index in [-0.39, 0.29) is 12.2 Å². The lowest BCUT2D eigenvalue weighted by atomic mass is 9.98. The molecule has 6 nitrogen and oxygen atoms in total. The molecule has 1 heterocycles. The maximum atomic E-state index is 11.1. The first-order valence-electron chi connectivity index (χ1n) is 9.28. The molecule has 3 rings (SSSR count). The number of aliphatic carboxylic acids is 1. The third-order valence-electron chi connectivity index (χ3n) is 4.58. The molecule has 0 aliphatic carbocycles. The average molecular weight is 393 g/mol. The number of aromatic nitrogens is 1. The van der Waals surface area contributed by atoms with Crippen molar-refractivity contribution in [2.24, 2.45) is 5.92 Å². The second-order valence-electron chi connectivity index (χ2n) is 6.72. The van der Waals surface area contributed by atoms with Gasteiger partial charge in [0, 0.05) is 12.0 Å². The lowest BCUT2D eigenvalue weighted by molar-refractivity contribution is -0.141. The van der Waals surface area contributed by atoms with Gasteiger partial charge in [-0.05, 0) is 43.2 Å². The number of aliphatic hydroxyl groups is 1. The minimum Gasteiger partial charge on any atom is -0.512 e. The zero-order valence-corrected chi connectivity index (χ0v) is 16.2. The zero-order valence-electron chi connectivity index (χ0n) is 16.2. The second kappa shape index (κ2) is 9.10. The van der Waals surface area contributed by atoms with Gasteiger partial charge in [-0.2, -0.15) is 0 Å². The van der Waals surface area contributed by atoms with Gasteiger partial charge >= 0.3 is 5.97 Å². The molecule has 0 fully saturated rings. The number of benzene rings is 2.